The van der Waals surface area contributed by atoms with Crippen molar-refractivity contribution in [3.63, 3.8) is 0 Å². The molecule has 0 saturated carbocycles. The van der Waals surface area contributed by atoms with Crippen molar-refractivity contribution in [3.05, 3.63) is 40.4 Å². The van der Waals surface area contributed by atoms with Gasteiger partial charge in [-0.2, -0.15) is 0 Å². The number of benzene rings is 1. The highest BCUT2D eigenvalue weighted by atomic mass is 32.2. The molecule has 168 valence electrons. The number of amides is 1. The fraction of sp³-hybridized carbons (Fsp3) is 0.542. The Balaban J connectivity index is 1.81. The van der Waals surface area contributed by atoms with E-state index in [1.807, 2.05) is 52.0 Å². The number of nitrogens with one attached hydrogen (secondary N) is 2. The molecule has 7 heteroatoms. The van der Waals surface area contributed by atoms with Gasteiger partial charge in [-0.3, -0.25) is 9.79 Å². The number of nitrogens with zero attached hydrogens (tertiary/aromatic N) is 1. The number of carbonyl (C=O) groups is 2. The number of carbonyl (C=O) groups excluding carboxylic acids is 2. The molecular weight excluding hydrogens is 410 g/mol. The van der Waals surface area contributed by atoms with Crippen LogP contribution in [0.1, 0.15) is 64.7 Å². The predicted octanol–water partition coefficient (Wildman–Crippen LogP) is 4.78. The molecule has 1 atom stereocenters. The van der Waals surface area contributed by atoms with Crippen LogP contribution in [0.5, 0.6) is 0 Å². The fourth-order valence-electron chi connectivity index (χ4n) is 3.74. The minimum atomic E-state index is -0.431. The van der Waals surface area contributed by atoms with E-state index in [4.69, 9.17) is 9.73 Å². The number of hydrogen-bond donors (Lipinski definition) is 2. The number of esters is 1. The average Bonchev–Trinajstić information content (AvgIpc) is 2.66. The zero-order valence-electron chi connectivity index (χ0n) is 19.3. The molecule has 0 fully saturated rings. The molecule has 6 nitrogen and oxygen atoms in total. The summed E-state index contributed by atoms with van der Waals surface area (Å²) in [6, 6.07) is 7.10. The Hall–Kier alpha value is -2.28. The smallest absolute Gasteiger partial charge is 0.331 e. The third-order valence-electron chi connectivity index (χ3n) is 5.02. The predicted molar refractivity (Wildman–Crippen MR) is 128 cm³/mol. The number of rotatable bonds is 5. The van der Waals surface area contributed by atoms with Crippen molar-refractivity contribution in [1.82, 2.24) is 5.32 Å². The molecule has 1 aromatic rings. The van der Waals surface area contributed by atoms with Crippen molar-refractivity contribution in [2.45, 2.75) is 66.0 Å². The third kappa shape index (κ3) is 6.12. The standard InChI is InChI=1S/C24H33N3O3S/c1-7-30-22(29)19-14-31-20-17(12-24(5,6)13-18(20)26-19)25-16-10-8-15(9-11-16)21(28)27-23(2,3)4/h8-11,19,25H,7,12-14H2,1-6H3,(H,27,28). The van der Waals surface area contributed by atoms with Crippen LogP contribution in [-0.4, -0.2) is 41.5 Å². The van der Waals surface area contributed by atoms with Gasteiger partial charge in [-0.05, 0) is 70.2 Å². The van der Waals surface area contributed by atoms with Crippen molar-refractivity contribution >= 4 is 35.0 Å². The number of thioether (sulfide) groups is 1. The highest BCUT2D eigenvalue weighted by molar-refractivity contribution is 8.04. The summed E-state index contributed by atoms with van der Waals surface area (Å²) >= 11 is 1.67. The molecule has 31 heavy (non-hydrogen) atoms. The van der Waals surface area contributed by atoms with E-state index in [1.54, 1.807) is 11.8 Å². The van der Waals surface area contributed by atoms with Gasteiger partial charge in [0.25, 0.3) is 5.91 Å². The minimum absolute atomic E-state index is 0.0360. The van der Waals surface area contributed by atoms with E-state index in [9.17, 15) is 9.59 Å². The summed E-state index contributed by atoms with van der Waals surface area (Å²) in [5.41, 5.74) is 3.43. The molecule has 0 radical (unpaired) electrons. The second-order valence-corrected chi connectivity index (χ2v) is 10.9. The summed E-state index contributed by atoms with van der Waals surface area (Å²) in [7, 11) is 0. The summed E-state index contributed by atoms with van der Waals surface area (Å²) in [4.78, 5) is 30.4. The summed E-state index contributed by atoms with van der Waals surface area (Å²) in [5.74, 6) is 0.264. The first-order chi connectivity index (χ1) is 14.5. The van der Waals surface area contributed by atoms with Crippen LogP contribution in [0.15, 0.2) is 39.9 Å². The maximum absolute atomic E-state index is 12.4. The first-order valence-electron chi connectivity index (χ1n) is 10.8. The van der Waals surface area contributed by atoms with Crippen LogP contribution in [0.2, 0.25) is 0 Å². The Bertz CT molecular complexity index is 911. The lowest BCUT2D eigenvalue weighted by Gasteiger charge is -2.36. The molecule has 3 rings (SSSR count). The second kappa shape index (κ2) is 9.07. The van der Waals surface area contributed by atoms with Gasteiger partial charge in [0, 0.05) is 33.1 Å². The van der Waals surface area contributed by atoms with Crippen molar-refractivity contribution < 1.29 is 14.3 Å². The number of ether oxygens (including phenoxy) is 1. The molecule has 2 aliphatic rings. The molecule has 0 spiro atoms. The van der Waals surface area contributed by atoms with Gasteiger partial charge < -0.3 is 15.4 Å². The molecule has 1 aromatic carbocycles. The number of hydrogen-bond acceptors (Lipinski definition) is 6. The molecule has 1 amide bonds. The van der Waals surface area contributed by atoms with Crippen LogP contribution >= 0.6 is 11.8 Å². The zero-order valence-corrected chi connectivity index (χ0v) is 20.1. The highest BCUT2D eigenvalue weighted by Crippen LogP contribution is 2.43. The lowest BCUT2D eigenvalue weighted by Crippen LogP contribution is -2.40. The number of fused-ring (bicyclic) bond motifs is 1. The quantitative estimate of drug-likeness (QED) is 0.641. The van der Waals surface area contributed by atoms with Gasteiger partial charge in [0.2, 0.25) is 0 Å². The number of allylic oxidation sites excluding steroid dienone is 2. The molecule has 1 unspecified atom stereocenters. The summed E-state index contributed by atoms with van der Waals surface area (Å²) in [6.07, 6.45) is 1.73. The Morgan fingerprint density at radius 3 is 2.48 bits per heavy atom. The van der Waals surface area contributed by atoms with Gasteiger partial charge in [0.15, 0.2) is 6.04 Å². The Morgan fingerprint density at radius 2 is 1.87 bits per heavy atom. The van der Waals surface area contributed by atoms with E-state index in [1.165, 1.54) is 0 Å². The maximum Gasteiger partial charge on any atom is 0.331 e. The Kier molecular flexibility index (Phi) is 6.84. The van der Waals surface area contributed by atoms with Crippen LogP contribution in [0.25, 0.3) is 0 Å². The molecule has 2 N–H and O–H groups in total. The highest BCUT2D eigenvalue weighted by Gasteiger charge is 2.36. The average molecular weight is 444 g/mol. The number of anilines is 1. The van der Waals surface area contributed by atoms with Crippen molar-refractivity contribution in [1.29, 1.82) is 0 Å². The van der Waals surface area contributed by atoms with Gasteiger partial charge in [-0.25, -0.2) is 4.79 Å². The Labute approximate surface area is 189 Å². The normalized spacial score (nSPS) is 20.5. The second-order valence-electron chi connectivity index (χ2n) is 9.89. The monoisotopic (exact) mass is 443 g/mol. The van der Waals surface area contributed by atoms with E-state index in [0.717, 1.165) is 34.8 Å². The first-order valence-corrected chi connectivity index (χ1v) is 11.8. The maximum atomic E-state index is 12.4. The Morgan fingerprint density at radius 1 is 1.19 bits per heavy atom. The van der Waals surface area contributed by atoms with E-state index in [2.05, 4.69) is 24.5 Å². The third-order valence-corrected chi connectivity index (χ3v) is 6.28. The van der Waals surface area contributed by atoms with E-state index >= 15 is 0 Å². The van der Waals surface area contributed by atoms with Crippen molar-refractivity contribution in [3.8, 4) is 0 Å². The molecule has 1 aliphatic heterocycles. The van der Waals surface area contributed by atoms with Crippen molar-refractivity contribution in [2.24, 2.45) is 10.4 Å². The van der Waals surface area contributed by atoms with Crippen molar-refractivity contribution in [2.75, 3.05) is 17.7 Å². The van der Waals surface area contributed by atoms with E-state index in [0.29, 0.717) is 17.9 Å². The SMILES string of the molecule is CCOC(=O)C1CSC2=C(Nc3ccc(C(=O)NC(C)(C)C)cc3)CC(C)(C)CC2=N1. The van der Waals surface area contributed by atoms with Gasteiger partial charge in [-0.15, -0.1) is 11.8 Å². The summed E-state index contributed by atoms with van der Waals surface area (Å²) < 4.78 is 5.17. The topological polar surface area (TPSA) is 79.8 Å². The van der Waals surface area contributed by atoms with Gasteiger partial charge in [0.1, 0.15) is 0 Å². The fourth-order valence-corrected chi connectivity index (χ4v) is 4.87. The molecule has 1 aliphatic carbocycles. The van der Waals surface area contributed by atoms with Crippen LogP contribution in [0, 0.1) is 5.41 Å². The molecular formula is C24H33N3O3S. The van der Waals surface area contributed by atoms with Gasteiger partial charge in [0.05, 0.1) is 12.3 Å². The summed E-state index contributed by atoms with van der Waals surface area (Å²) in [6.45, 7) is 12.5. The van der Waals surface area contributed by atoms with Crippen LogP contribution in [0.4, 0.5) is 5.69 Å². The number of aliphatic imine (C=N–C) groups is 1. The zero-order chi connectivity index (χ0) is 22.8. The first kappa shape index (κ1) is 23.4. The van der Waals surface area contributed by atoms with E-state index in [-0.39, 0.29) is 22.8 Å². The largest absolute Gasteiger partial charge is 0.464 e. The molecule has 1 heterocycles. The molecule has 0 saturated heterocycles. The van der Waals surface area contributed by atoms with Crippen LogP contribution in [-0.2, 0) is 9.53 Å². The summed E-state index contributed by atoms with van der Waals surface area (Å²) in [5, 5.41) is 6.53. The van der Waals surface area contributed by atoms with E-state index < -0.39 is 6.04 Å². The molecule has 0 bridgehead atoms. The van der Waals surface area contributed by atoms with Crippen LogP contribution in [0.3, 0.4) is 0 Å². The minimum Gasteiger partial charge on any atom is -0.464 e. The lowest BCUT2D eigenvalue weighted by atomic mass is 9.78. The van der Waals surface area contributed by atoms with Gasteiger partial charge in [-0.1, -0.05) is 13.8 Å². The molecule has 0 aromatic heterocycles. The lowest BCUT2D eigenvalue weighted by molar-refractivity contribution is -0.143. The van der Waals surface area contributed by atoms with Gasteiger partial charge >= 0.3 is 5.97 Å². The van der Waals surface area contributed by atoms with Crippen LogP contribution < -0.4 is 10.6 Å².